The number of carboxylic acids is 1. The fraction of sp³-hybridized carbons (Fsp3) is 0.0870. The Labute approximate surface area is 146 Å². The summed E-state index contributed by atoms with van der Waals surface area (Å²) in [6, 6.07) is 22.1. The van der Waals surface area contributed by atoms with Crippen LogP contribution in [0, 0.1) is 13.8 Å². The van der Waals surface area contributed by atoms with Gasteiger partial charge >= 0.3 is 5.97 Å². The second-order valence-corrected chi connectivity index (χ2v) is 6.46. The molecule has 0 aromatic heterocycles. The lowest BCUT2D eigenvalue weighted by Gasteiger charge is -2.14. The molecule has 0 aliphatic rings. The summed E-state index contributed by atoms with van der Waals surface area (Å²) < 4.78 is 0. The summed E-state index contributed by atoms with van der Waals surface area (Å²) in [6.45, 7) is 4.09. The van der Waals surface area contributed by atoms with E-state index in [0.717, 1.165) is 43.8 Å². The van der Waals surface area contributed by atoms with Gasteiger partial charge < -0.3 is 5.11 Å². The molecule has 0 spiro atoms. The highest BCUT2D eigenvalue weighted by Crippen LogP contribution is 2.35. The van der Waals surface area contributed by atoms with Crippen LogP contribution < -0.4 is 0 Å². The third-order valence-electron chi connectivity index (χ3n) is 4.99. The monoisotopic (exact) mass is 326 g/mol. The number of carbonyl (C=O) groups is 1. The molecule has 4 aromatic rings. The van der Waals surface area contributed by atoms with Crippen LogP contribution >= 0.6 is 0 Å². The van der Waals surface area contributed by atoms with E-state index in [0.29, 0.717) is 5.56 Å². The maximum Gasteiger partial charge on any atom is 0.336 e. The molecule has 0 aliphatic heterocycles. The first-order chi connectivity index (χ1) is 12.1. The average molecular weight is 326 g/mol. The highest BCUT2D eigenvalue weighted by atomic mass is 16.4. The minimum absolute atomic E-state index is 0.372. The fourth-order valence-corrected chi connectivity index (χ4v) is 3.51. The first-order valence-corrected chi connectivity index (χ1v) is 8.31. The van der Waals surface area contributed by atoms with Crippen molar-refractivity contribution < 1.29 is 9.90 Å². The molecule has 25 heavy (non-hydrogen) atoms. The van der Waals surface area contributed by atoms with E-state index in [-0.39, 0.29) is 0 Å². The first kappa shape index (κ1) is 15.4. The smallest absolute Gasteiger partial charge is 0.336 e. The van der Waals surface area contributed by atoms with Crippen LogP contribution in [0.3, 0.4) is 0 Å². The number of benzene rings is 4. The third-order valence-corrected chi connectivity index (χ3v) is 4.99. The second-order valence-electron chi connectivity index (χ2n) is 6.46. The molecule has 2 heteroatoms. The summed E-state index contributed by atoms with van der Waals surface area (Å²) in [7, 11) is 0. The molecule has 0 radical (unpaired) electrons. The molecule has 1 N–H and O–H groups in total. The summed E-state index contributed by atoms with van der Waals surface area (Å²) in [5.41, 5.74) is 4.40. The van der Waals surface area contributed by atoms with Gasteiger partial charge in [0.25, 0.3) is 0 Å². The van der Waals surface area contributed by atoms with E-state index < -0.39 is 5.97 Å². The van der Waals surface area contributed by atoms with Gasteiger partial charge in [-0.25, -0.2) is 4.79 Å². The zero-order chi connectivity index (χ0) is 17.6. The minimum atomic E-state index is -0.892. The summed E-state index contributed by atoms with van der Waals surface area (Å²) in [5.74, 6) is -0.892. The largest absolute Gasteiger partial charge is 0.478 e. The van der Waals surface area contributed by atoms with Gasteiger partial charge in [0.1, 0.15) is 0 Å². The first-order valence-electron chi connectivity index (χ1n) is 8.31. The number of aromatic carboxylic acids is 1. The number of carboxylic acid groups (broad SMARTS) is 1. The molecule has 0 bridgehead atoms. The van der Waals surface area contributed by atoms with Gasteiger partial charge in [-0.15, -0.1) is 0 Å². The molecule has 122 valence electrons. The van der Waals surface area contributed by atoms with Crippen LogP contribution in [0.4, 0.5) is 0 Å². The molecule has 4 aromatic carbocycles. The van der Waals surface area contributed by atoms with Crippen LogP contribution in [-0.4, -0.2) is 11.1 Å². The molecule has 4 rings (SSSR count). The number of rotatable bonds is 2. The van der Waals surface area contributed by atoms with Crippen molar-refractivity contribution in [2.45, 2.75) is 13.8 Å². The zero-order valence-electron chi connectivity index (χ0n) is 14.2. The van der Waals surface area contributed by atoms with Gasteiger partial charge in [-0.3, -0.25) is 0 Å². The van der Waals surface area contributed by atoms with Crippen molar-refractivity contribution in [2.24, 2.45) is 0 Å². The van der Waals surface area contributed by atoms with Crippen LogP contribution in [-0.2, 0) is 0 Å². The van der Waals surface area contributed by atoms with Crippen molar-refractivity contribution in [1.29, 1.82) is 0 Å². The SMILES string of the molecule is Cc1cccc(-c2ccc3cc4ccccc4cc3c2C(=O)O)c1C. The Bertz CT molecular complexity index is 1140. The third kappa shape index (κ3) is 2.47. The maximum atomic E-state index is 12.1. The zero-order valence-corrected chi connectivity index (χ0v) is 14.2. The van der Waals surface area contributed by atoms with Gasteiger partial charge in [0.2, 0.25) is 0 Å². The number of fused-ring (bicyclic) bond motifs is 2. The van der Waals surface area contributed by atoms with E-state index in [4.69, 9.17) is 0 Å². The summed E-state index contributed by atoms with van der Waals surface area (Å²) in [5, 5.41) is 13.9. The Kier molecular flexibility index (Phi) is 3.54. The summed E-state index contributed by atoms with van der Waals surface area (Å²) in [6.07, 6.45) is 0. The molecule has 2 nitrogen and oxygen atoms in total. The fourth-order valence-electron chi connectivity index (χ4n) is 3.51. The average Bonchev–Trinajstić information content (AvgIpc) is 2.61. The van der Waals surface area contributed by atoms with Crippen molar-refractivity contribution in [3.05, 3.63) is 83.4 Å². The van der Waals surface area contributed by atoms with Gasteiger partial charge in [-0.1, -0.05) is 54.6 Å². The highest BCUT2D eigenvalue weighted by molar-refractivity contribution is 6.13. The van der Waals surface area contributed by atoms with Crippen LogP contribution in [0.1, 0.15) is 21.5 Å². The Morgan fingerprint density at radius 1 is 0.760 bits per heavy atom. The van der Waals surface area contributed by atoms with Crippen molar-refractivity contribution >= 4 is 27.5 Å². The normalized spacial score (nSPS) is 11.1. The lowest BCUT2D eigenvalue weighted by molar-refractivity contribution is 0.0700. The van der Waals surface area contributed by atoms with Crippen LogP contribution in [0.15, 0.2) is 66.7 Å². The predicted octanol–water partition coefficient (Wildman–Crippen LogP) is 5.98. The molecule has 0 atom stereocenters. The van der Waals surface area contributed by atoms with E-state index in [1.165, 1.54) is 0 Å². The molecular weight excluding hydrogens is 308 g/mol. The van der Waals surface area contributed by atoms with Crippen LogP contribution in [0.5, 0.6) is 0 Å². The van der Waals surface area contributed by atoms with Crippen molar-refractivity contribution in [3.8, 4) is 11.1 Å². The highest BCUT2D eigenvalue weighted by Gasteiger charge is 2.18. The molecule has 0 aliphatic carbocycles. The Morgan fingerprint density at radius 2 is 1.48 bits per heavy atom. The minimum Gasteiger partial charge on any atom is -0.478 e. The van der Waals surface area contributed by atoms with E-state index >= 15 is 0 Å². The van der Waals surface area contributed by atoms with Gasteiger partial charge in [0, 0.05) is 0 Å². The van der Waals surface area contributed by atoms with Crippen molar-refractivity contribution in [3.63, 3.8) is 0 Å². The quantitative estimate of drug-likeness (QED) is 0.460. The molecule has 0 amide bonds. The predicted molar refractivity (Wildman–Crippen MR) is 103 cm³/mol. The maximum absolute atomic E-state index is 12.1. The summed E-state index contributed by atoms with van der Waals surface area (Å²) >= 11 is 0. The lowest BCUT2D eigenvalue weighted by Crippen LogP contribution is -2.02. The molecule has 0 saturated heterocycles. The van der Waals surface area contributed by atoms with E-state index in [1.54, 1.807) is 0 Å². The Hall–Kier alpha value is -3.13. The summed E-state index contributed by atoms with van der Waals surface area (Å²) in [4.78, 5) is 12.1. The Morgan fingerprint density at radius 3 is 2.20 bits per heavy atom. The second kappa shape index (κ2) is 5.75. The van der Waals surface area contributed by atoms with Crippen molar-refractivity contribution in [1.82, 2.24) is 0 Å². The molecular formula is C23H18O2. The van der Waals surface area contributed by atoms with E-state index in [9.17, 15) is 9.90 Å². The van der Waals surface area contributed by atoms with Gasteiger partial charge in [0.15, 0.2) is 0 Å². The topological polar surface area (TPSA) is 37.3 Å². The number of hydrogen-bond acceptors (Lipinski definition) is 1. The van der Waals surface area contributed by atoms with Gasteiger partial charge in [-0.2, -0.15) is 0 Å². The van der Waals surface area contributed by atoms with Gasteiger partial charge in [-0.05, 0) is 69.8 Å². The lowest BCUT2D eigenvalue weighted by atomic mass is 9.89. The van der Waals surface area contributed by atoms with Crippen LogP contribution in [0.2, 0.25) is 0 Å². The number of aryl methyl sites for hydroxylation is 1. The van der Waals surface area contributed by atoms with E-state index in [1.807, 2.05) is 74.5 Å². The Balaban J connectivity index is 2.12. The number of hydrogen-bond donors (Lipinski definition) is 1. The molecule has 0 saturated carbocycles. The standard InChI is InChI=1S/C23H18O2/c1-14-6-5-9-19(15(14)2)20-11-10-18-12-16-7-3-4-8-17(16)13-21(18)22(20)23(24)25/h3-13H,1-2H3,(H,24,25). The molecule has 0 fully saturated rings. The molecule has 0 heterocycles. The van der Waals surface area contributed by atoms with Crippen molar-refractivity contribution in [2.75, 3.05) is 0 Å². The van der Waals surface area contributed by atoms with Gasteiger partial charge in [0.05, 0.1) is 5.56 Å². The molecule has 0 unspecified atom stereocenters. The van der Waals surface area contributed by atoms with E-state index in [2.05, 4.69) is 6.07 Å². The van der Waals surface area contributed by atoms with Crippen LogP contribution in [0.25, 0.3) is 32.7 Å².